The molecular formula is C21H27N3O5S. The minimum absolute atomic E-state index is 0.00412. The van der Waals surface area contributed by atoms with Crippen LogP contribution < -0.4 is 9.47 Å². The molecule has 162 valence electrons. The molecule has 1 fully saturated rings. The number of rotatable bonds is 7. The van der Waals surface area contributed by atoms with E-state index in [0.29, 0.717) is 36.9 Å². The highest BCUT2D eigenvalue weighted by Crippen LogP contribution is 2.21. The zero-order chi connectivity index (χ0) is 21.7. The van der Waals surface area contributed by atoms with E-state index in [9.17, 15) is 13.2 Å². The molecule has 1 amide bonds. The lowest BCUT2D eigenvalue weighted by atomic mass is 10.2. The van der Waals surface area contributed by atoms with Crippen LogP contribution >= 0.6 is 0 Å². The van der Waals surface area contributed by atoms with Crippen molar-refractivity contribution in [2.75, 3.05) is 32.8 Å². The van der Waals surface area contributed by atoms with Gasteiger partial charge in [-0.05, 0) is 51.1 Å². The summed E-state index contributed by atoms with van der Waals surface area (Å²) in [5.41, 5.74) is 0.453. The van der Waals surface area contributed by atoms with Crippen molar-refractivity contribution in [2.24, 2.45) is 0 Å². The lowest BCUT2D eigenvalue weighted by Gasteiger charge is -2.34. The predicted molar refractivity (Wildman–Crippen MR) is 112 cm³/mol. The summed E-state index contributed by atoms with van der Waals surface area (Å²) in [5.74, 6) is 0.926. The minimum Gasteiger partial charge on any atom is -0.494 e. The molecular weight excluding hydrogens is 406 g/mol. The highest BCUT2D eigenvalue weighted by atomic mass is 32.2. The second kappa shape index (κ2) is 9.44. The van der Waals surface area contributed by atoms with Crippen molar-refractivity contribution in [1.29, 1.82) is 0 Å². The van der Waals surface area contributed by atoms with Crippen molar-refractivity contribution in [3.8, 4) is 11.6 Å². The fourth-order valence-corrected chi connectivity index (χ4v) is 4.58. The number of carbonyl (C=O) groups excluding carboxylic acids is 1. The molecule has 0 radical (unpaired) electrons. The molecule has 0 N–H and O–H groups in total. The number of sulfonamides is 1. The van der Waals surface area contributed by atoms with E-state index in [-0.39, 0.29) is 30.0 Å². The van der Waals surface area contributed by atoms with Crippen LogP contribution in [-0.2, 0) is 10.0 Å². The van der Waals surface area contributed by atoms with Gasteiger partial charge in [0, 0.05) is 38.4 Å². The standard InChI is InChI=1S/C21H27N3O5S/c1-4-28-18-6-8-19(9-7-18)30(26,27)24-13-11-23(12-14-24)21(25)17-5-10-20(22-15-17)29-16(2)3/h5-10,15-16H,4,11-14H2,1-3H3. The number of piperazine rings is 1. The molecule has 8 nitrogen and oxygen atoms in total. The first kappa shape index (κ1) is 22.0. The van der Waals surface area contributed by atoms with Gasteiger partial charge in [-0.15, -0.1) is 0 Å². The van der Waals surface area contributed by atoms with Crippen LogP contribution in [0, 0.1) is 0 Å². The van der Waals surface area contributed by atoms with Gasteiger partial charge in [-0.2, -0.15) is 4.31 Å². The second-order valence-corrected chi connectivity index (χ2v) is 9.09. The predicted octanol–water partition coefficient (Wildman–Crippen LogP) is 2.41. The van der Waals surface area contributed by atoms with Gasteiger partial charge in [0.2, 0.25) is 15.9 Å². The molecule has 2 heterocycles. The third-order valence-corrected chi connectivity index (χ3v) is 6.55. The summed E-state index contributed by atoms with van der Waals surface area (Å²) in [6.07, 6.45) is 1.49. The number of ether oxygens (including phenoxy) is 2. The Kier molecular flexibility index (Phi) is 6.94. The summed E-state index contributed by atoms with van der Waals surface area (Å²) >= 11 is 0. The van der Waals surface area contributed by atoms with Crippen LogP contribution in [0.5, 0.6) is 11.6 Å². The van der Waals surface area contributed by atoms with Crippen molar-refractivity contribution in [2.45, 2.75) is 31.8 Å². The zero-order valence-electron chi connectivity index (χ0n) is 17.4. The molecule has 0 spiro atoms. The van der Waals surface area contributed by atoms with E-state index >= 15 is 0 Å². The van der Waals surface area contributed by atoms with Crippen molar-refractivity contribution in [3.05, 3.63) is 48.2 Å². The SMILES string of the molecule is CCOc1ccc(S(=O)(=O)N2CCN(C(=O)c3ccc(OC(C)C)nc3)CC2)cc1. The molecule has 2 aromatic rings. The van der Waals surface area contributed by atoms with Crippen molar-refractivity contribution < 1.29 is 22.7 Å². The second-order valence-electron chi connectivity index (χ2n) is 7.15. The molecule has 30 heavy (non-hydrogen) atoms. The average Bonchev–Trinajstić information content (AvgIpc) is 2.74. The van der Waals surface area contributed by atoms with E-state index in [2.05, 4.69) is 4.98 Å². The summed E-state index contributed by atoms with van der Waals surface area (Å²) in [6.45, 7) is 7.31. The summed E-state index contributed by atoms with van der Waals surface area (Å²) in [4.78, 5) is 18.7. The molecule has 0 atom stereocenters. The summed E-state index contributed by atoms with van der Waals surface area (Å²) in [5, 5.41) is 0. The number of carbonyl (C=O) groups is 1. The van der Waals surface area contributed by atoms with Gasteiger partial charge in [0.05, 0.1) is 23.2 Å². The first-order chi connectivity index (χ1) is 14.3. The molecule has 1 aromatic carbocycles. The Morgan fingerprint density at radius 2 is 1.73 bits per heavy atom. The van der Waals surface area contributed by atoms with Gasteiger partial charge in [-0.1, -0.05) is 0 Å². The van der Waals surface area contributed by atoms with Gasteiger partial charge in [-0.3, -0.25) is 4.79 Å². The first-order valence-electron chi connectivity index (χ1n) is 9.96. The molecule has 1 saturated heterocycles. The van der Waals surface area contributed by atoms with E-state index < -0.39 is 10.0 Å². The fourth-order valence-electron chi connectivity index (χ4n) is 3.16. The Bertz CT molecular complexity index is 951. The maximum atomic E-state index is 12.9. The number of aromatic nitrogens is 1. The average molecular weight is 434 g/mol. The van der Waals surface area contributed by atoms with Gasteiger partial charge >= 0.3 is 0 Å². The van der Waals surface area contributed by atoms with E-state index in [4.69, 9.17) is 9.47 Å². The molecule has 0 saturated carbocycles. The van der Waals surface area contributed by atoms with Crippen molar-refractivity contribution >= 4 is 15.9 Å². The van der Waals surface area contributed by atoms with Gasteiger partial charge in [0.25, 0.3) is 5.91 Å². The lowest BCUT2D eigenvalue weighted by Crippen LogP contribution is -2.50. The quantitative estimate of drug-likeness (QED) is 0.666. The van der Waals surface area contributed by atoms with Crippen LogP contribution in [0.4, 0.5) is 0 Å². The van der Waals surface area contributed by atoms with Gasteiger partial charge in [-0.25, -0.2) is 13.4 Å². The number of pyridine rings is 1. The van der Waals surface area contributed by atoms with E-state index in [0.717, 1.165) is 0 Å². The maximum Gasteiger partial charge on any atom is 0.255 e. The summed E-state index contributed by atoms with van der Waals surface area (Å²) < 4.78 is 38.0. The number of hydrogen-bond donors (Lipinski definition) is 0. The molecule has 0 unspecified atom stereocenters. The van der Waals surface area contributed by atoms with Crippen LogP contribution in [0.25, 0.3) is 0 Å². The lowest BCUT2D eigenvalue weighted by molar-refractivity contribution is 0.0697. The minimum atomic E-state index is -3.61. The summed E-state index contributed by atoms with van der Waals surface area (Å²) in [6, 6.07) is 9.73. The number of hydrogen-bond acceptors (Lipinski definition) is 6. The molecule has 1 aliphatic rings. The molecule has 1 aromatic heterocycles. The highest BCUT2D eigenvalue weighted by Gasteiger charge is 2.30. The molecule has 9 heteroatoms. The van der Waals surface area contributed by atoms with E-state index in [1.54, 1.807) is 41.3 Å². The highest BCUT2D eigenvalue weighted by molar-refractivity contribution is 7.89. The topological polar surface area (TPSA) is 89.0 Å². The van der Waals surface area contributed by atoms with Crippen molar-refractivity contribution in [3.63, 3.8) is 0 Å². The normalized spacial score (nSPS) is 15.3. The Hall–Kier alpha value is -2.65. The number of benzene rings is 1. The van der Waals surface area contributed by atoms with Crippen LogP contribution in [0.2, 0.25) is 0 Å². The number of amides is 1. The van der Waals surface area contributed by atoms with Crippen LogP contribution in [0.1, 0.15) is 31.1 Å². The third-order valence-electron chi connectivity index (χ3n) is 4.64. The third kappa shape index (κ3) is 5.09. The largest absolute Gasteiger partial charge is 0.494 e. The van der Waals surface area contributed by atoms with E-state index in [1.165, 1.54) is 10.5 Å². The summed E-state index contributed by atoms with van der Waals surface area (Å²) in [7, 11) is -3.61. The van der Waals surface area contributed by atoms with Crippen LogP contribution in [0.15, 0.2) is 47.5 Å². The van der Waals surface area contributed by atoms with Gasteiger partial charge in [0.1, 0.15) is 5.75 Å². The van der Waals surface area contributed by atoms with Gasteiger partial charge < -0.3 is 14.4 Å². The molecule has 0 aliphatic carbocycles. The fraction of sp³-hybridized carbons (Fsp3) is 0.429. The molecule has 0 bridgehead atoms. The molecule has 1 aliphatic heterocycles. The monoisotopic (exact) mass is 433 g/mol. The number of nitrogens with zero attached hydrogens (tertiary/aromatic N) is 3. The Morgan fingerprint density at radius 3 is 2.27 bits per heavy atom. The van der Waals surface area contributed by atoms with Crippen LogP contribution in [-0.4, -0.2) is 67.4 Å². The Balaban J connectivity index is 1.61. The molecule has 3 rings (SSSR count). The Labute approximate surface area is 177 Å². The van der Waals surface area contributed by atoms with Crippen LogP contribution in [0.3, 0.4) is 0 Å². The zero-order valence-corrected chi connectivity index (χ0v) is 18.3. The Morgan fingerprint density at radius 1 is 1.07 bits per heavy atom. The first-order valence-corrected chi connectivity index (χ1v) is 11.4. The van der Waals surface area contributed by atoms with Crippen molar-refractivity contribution in [1.82, 2.24) is 14.2 Å². The van der Waals surface area contributed by atoms with Gasteiger partial charge in [0.15, 0.2) is 0 Å². The van der Waals surface area contributed by atoms with E-state index in [1.807, 2.05) is 20.8 Å². The maximum absolute atomic E-state index is 12.9. The smallest absolute Gasteiger partial charge is 0.255 e.